The van der Waals surface area contributed by atoms with E-state index in [1.807, 2.05) is 19.9 Å². The number of fused-ring (bicyclic) bond motifs is 1. The van der Waals surface area contributed by atoms with Gasteiger partial charge in [0.1, 0.15) is 11.8 Å². The maximum absolute atomic E-state index is 10.3. The lowest BCUT2D eigenvalue weighted by molar-refractivity contribution is 0.204. The SMILES string of the molecule is Cc1ccc(N=NC(=O)O)c2c1CC(C)O2. The molecule has 0 saturated carbocycles. The zero-order valence-corrected chi connectivity index (χ0v) is 9.10. The van der Waals surface area contributed by atoms with Crippen LogP contribution >= 0.6 is 0 Å². The Balaban J connectivity index is 2.42. The number of carboxylic acid groups (broad SMARTS) is 1. The molecule has 1 atom stereocenters. The van der Waals surface area contributed by atoms with E-state index >= 15 is 0 Å². The van der Waals surface area contributed by atoms with Crippen LogP contribution in [0.3, 0.4) is 0 Å². The van der Waals surface area contributed by atoms with Gasteiger partial charge in [-0.3, -0.25) is 0 Å². The summed E-state index contributed by atoms with van der Waals surface area (Å²) in [7, 11) is 0. The monoisotopic (exact) mass is 220 g/mol. The Bertz CT molecular complexity index is 469. The van der Waals surface area contributed by atoms with E-state index in [1.165, 1.54) is 0 Å². The minimum absolute atomic E-state index is 0.106. The van der Waals surface area contributed by atoms with Crippen LogP contribution < -0.4 is 4.74 Å². The summed E-state index contributed by atoms with van der Waals surface area (Å²) in [6.07, 6.45) is -0.368. The lowest BCUT2D eigenvalue weighted by Crippen LogP contribution is -2.05. The predicted octanol–water partition coefficient (Wildman–Crippen LogP) is 3.08. The fourth-order valence-electron chi connectivity index (χ4n) is 1.80. The molecule has 1 aromatic carbocycles. The van der Waals surface area contributed by atoms with E-state index in [1.54, 1.807) is 6.07 Å². The summed E-state index contributed by atoms with van der Waals surface area (Å²) in [5.74, 6) is 0.664. The number of carbonyl (C=O) groups is 1. The van der Waals surface area contributed by atoms with Gasteiger partial charge in [-0.2, -0.15) is 0 Å². The fraction of sp³-hybridized carbons (Fsp3) is 0.364. The predicted molar refractivity (Wildman–Crippen MR) is 57.5 cm³/mol. The summed E-state index contributed by atoms with van der Waals surface area (Å²) in [6, 6.07) is 3.62. The minimum atomic E-state index is -1.31. The maximum atomic E-state index is 10.3. The maximum Gasteiger partial charge on any atom is 0.449 e. The van der Waals surface area contributed by atoms with Crippen LogP contribution in [0.1, 0.15) is 18.1 Å². The Morgan fingerprint density at radius 1 is 1.56 bits per heavy atom. The molecule has 84 valence electrons. The molecule has 1 heterocycles. The first kappa shape index (κ1) is 10.6. The van der Waals surface area contributed by atoms with Crippen LogP contribution in [-0.2, 0) is 6.42 Å². The van der Waals surface area contributed by atoms with Gasteiger partial charge in [0.15, 0.2) is 5.75 Å². The summed E-state index contributed by atoms with van der Waals surface area (Å²) in [5, 5.41) is 15.2. The molecule has 0 aliphatic carbocycles. The topological polar surface area (TPSA) is 71.2 Å². The highest BCUT2D eigenvalue weighted by molar-refractivity contribution is 5.66. The van der Waals surface area contributed by atoms with Crippen LogP contribution in [-0.4, -0.2) is 17.3 Å². The molecule has 1 aliphatic heterocycles. The largest absolute Gasteiger partial charge is 0.488 e. The summed E-state index contributed by atoms with van der Waals surface area (Å²) in [6.45, 7) is 3.97. The molecule has 0 fully saturated rings. The average molecular weight is 220 g/mol. The summed E-state index contributed by atoms with van der Waals surface area (Å²) in [5.41, 5.74) is 2.70. The zero-order chi connectivity index (χ0) is 11.7. The fourth-order valence-corrected chi connectivity index (χ4v) is 1.80. The van der Waals surface area contributed by atoms with E-state index in [-0.39, 0.29) is 6.10 Å². The van der Waals surface area contributed by atoms with Crippen LogP contribution in [0.25, 0.3) is 0 Å². The van der Waals surface area contributed by atoms with Crippen LogP contribution in [0.2, 0.25) is 0 Å². The molecule has 1 unspecified atom stereocenters. The van der Waals surface area contributed by atoms with Crippen molar-refractivity contribution in [1.82, 2.24) is 0 Å². The third kappa shape index (κ3) is 1.88. The second kappa shape index (κ2) is 3.92. The van der Waals surface area contributed by atoms with E-state index in [9.17, 15) is 4.79 Å². The number of azo groups is 1. The van der Waals surface area contributed by atoms with Crippen LogP contribution in [0.15, 0.2) is 22.4 Å². The number of nitrogens with zero attached hydrogens (tertiary/aromatic N) is 2. The van der Waals surface area contributed by atoms with Gasteiger partial charge in [-0.1, -0.05) is 11.2 Å². The molecule has 5 heteroatoms. The Morgan fingerprint density at radius 2 is 2.31 bits per heavy atom. The quantitative estimate of drug-likeness (QED) is 0.739. The lowest BCUT2D eigenvalue weighted by atomic mass is 10.0. The second-order valence-electron chi connectivity index (χ2n) is 3.82. The molecule has 1 aliphatic rings. The Kier molecular flexibility index (Phi) is 2.60. The van der Waals surface area contributed by atoms with Gasteiger partial charge < -0.3 is 9.84 Å². The number of ether oxygens (including phenoxy) is 1. The molecular weight excluding hydrogens is 208 g/mol. The third-order valence-electron chi connectivity index (χ3n) is 2.53. The van der Waals surface area contributed by atoms with E-state index in [2.05, 4.69) is 10.2 Å². The number of hydrogen-bond acceptors (Lipinski definition) is 3. The first-order valence-electron chi connectivity index (χ1n) is 5.01. The Morgan fingerprint density at radius 3 is 3.00 bits per heavy atom. The number of hydrogen-bond donors (Lipinski definition) is 1. The van der Waals surface area contributed by atoms with Crippen LogP contribution in [0.4, 0.5) is 10.5 Å². The van der Waals surface area contributed by atoms with Gasteiger partial charge in [0.05, 0.1) is 0 Å². The standard InChI is InChI=1S/C11H12N2O3/c1-6-3-4-9(12-13-11(14)15)10-8(6)5-7(2)16-10/h3-4,7H,5H2,1-2H3,(H,14,15). The van der Waals surface area contributed by atoms with Crippen molar-refractivity contribution in [3.05, 3.63) is 23.3 Å². The number of rotatable bonds is 1. The van der Waals surface area contributed by atoms with Crippen molar-refractivity contribution < 1.29 is 14.6 Å². The van der Waals surface area contributed by atoms with E-state index < -0.39 is 6.09 Å². The Labute approximate surface area is 92.8 Å². The summed E-state index contributed by atoms with van der Waals surface area (Å²) in [4.78, 5) is 10.3. The first-order valence-corrected chi connectivity index (χ1v) is 5.01. The highest BCUT2D eigenvalue weighted by atomic mass is 16.5. The van der Waals surface area contributed by atoms with Gasteiger partial charge in [0.2, 0.25) is 0 Å². The van der Waals surface area contributed by atoms with Crippen molar-refractivity contribution >= 4 is 11.8 Å². The van der Waals surface area contributed by atoms with Crippen LogP contribution in [0, 0.1) is 6.92 Å². The normalized spacial score (nSPS) is 18.5. The van der Waals surface area contributed by atoms with E-state index in [0.29, 0.717) is 11.4 Å². The third-order valence-corrected chi connectivity index (χ3v) is 2.53. The molecule has 1 aromatic rings. The van der Waals surface area contributed by atoms with Crippen molar-refractivity contribution in [3.8, 4) is 5.75 Å². The molecule has 16 heavy (non-hydrogen) atoms. The second-order valence-corrected chi connectivity index (χ2v) is 3.82. The van der Waals surface area contributed by atoms with E-state index in [4.69, 9.17) is 9.84 Å². The molecule has 0 bridgehead atoms. The van der Waals surface area contributed by atoms with Gasteiger partial charge in [0.25, 0.3) is 0 Å². The van der Waals surface area contributed by atoms with Crippen molar-refractivity contribution in [3.63, 3.8) is 0 Å². The minimum Gasteiger partial charge on any atom is -0.488 e. The number of amides is 1. The molecule has 1 amide bonds. The molecule has 0 saturated heterocycles. The van der Waals surface area contributed by atoms with Crippen molar-refractivity contribution in [2.24, 2.45) is 10.2 Å². The van der Waals surface area contributed by atoms with E-state index in [0.717, 1.165) is 17.5 Å². The van der Waals surface area contributed by atoms with Gasteiger partial charge in [-0.15, -0.1) is 5.11 Å². The number of aryl methyl sites for hydroxylation is 1. The van der Waals surface area contributed by atoms with Gasteiger partial charge in [-0.05, 0) is 25.5 Å². The molecule has 0 radical (unpaired) electrons. The first-order chi connectivity index (χ1) is 7.58. The number of benzene rings is 1. The van der Waals surface area contributed by atoms with Gasteiger partial charge in [0, 0.05) is 12.0 Å². The van der Waals surface area contributed by atoms with Crippen molar-refractivity contribution in [2.75, 3.05) is 0 Å². The smallest absolute Gasteiger partial charge is 0.449 e. The van der Waals surface area contributed by atoms with Gasteiger partial charge >= 0.3 is 6.09 Å². The highest BCUT2D eigenvalue weighted by Crippen LogP contribution is 2.39. The average Bonchev–Trinajstić information content (AvgIpc) is 2.59. The lowest BCUT2D eigenvalue weighted by Gasteiger charge is -2.05. The summed E-state index contributed by atoms with van der Waals surface area (Å²) < 4.78 is 5.60. The summed E-state index contributed by atoms with van der Waals surface area (Å²) >= 11 is 0. The molecule has 0 aromatic heterocycles. The highest BCUT2D eigenvalue weighted by Gasteiger charge is 2.23. The van der Waals surface area contributed by atoms with Crippen molar-refractivity contribution in [1.29, 1.82) is 0 Å². The zero-order valence-electron chi connectivity index (χ0n) is 9.10. The molecule has 2 rings (SSSR count). The van der Waals surface area contributed by atoms with Gasteiger partial charge in [-0.25, -0.2) is 4.79 Å². The van der Waals surface area contributed by atoms with Crippen LogP contribution in [0.5, 0.6) is 5.75 Å². The molecule has 0 spiro atoms. The Hall–Kier alpha value is -1.91. The molecule has 5 nitrogen and oxygen atoms in total. The molecular formula is C11H12N2O3. The molecule has 1 N–H and O–H groups in total. The van der Waals surface area contributed by atoms with Crippen molar-refractivity contribution in [2.45, 2.75) is 26.4 Å².